The number of benzene rings is 2. The van der Waals surface area contributed by atoms with Crippen LogP contribution in [0.25, 0.3) is 11.0 Å². The number of H-pyrrole nitrogens is 1. The zero-order chi connectivity index (χ0) is 14.8. The average molecular weight is 303 g/mol. The van der Waals surface area contributed by atoms with Crippen molar-refractivity contribution < 1.29 is 8.60 Å². The lowest BCUT2D eigenvalue weighted by atomic mass is 10.3. The van der Waals surface area contributed by atoms with E-state index in [2.05, 4.69) is 9.97 Å². The number of nitrogen functional groups attached to an aromatic ring is 1. The van der Waals surface area contributed by atoms with Crippen molar-refractivity contribution in [2.75, 3.05) is 11.5 Å². The molecule has 21 heavy (non-hydrogen) atoms. The fraction of sp³-hybridized carbons (Fsp3) is 0.133. The molecule has 0 radical (unpaired) electrons. The second-order valence-corrected chi connectivity index (χ2v) is 6.23. The molecule has 0 bridgehead atoms. The van der Waals surface area contributed by atoms with Gasteiger partial charge in [0.05, 0.1) is 26.7 Å². The molecule has 1 aromatic heterocycles. The molecule has 3 N–H and O–H groups in total. The molecule has 3 aromatic rings. The predicted octanol–water partition coefficient (Wildman–Crippen LogP) is 2.63. The molecule has 0 saturated carbocycles. The summed E-state index contributed by atoms with van der Waals surface area (Å²) in [6.07, 6.45) is 0.482. The molecule has 0 amide bonds. The minimum Gasteiger partial charge on any atom is -0.399 e. The number of imidazole rings is 1. The van der Waals surface area contributed by atoms with Gasteiger partial charge in [-0.05, 0) is 30.3 Å². The van der Waals surface area contributed by atoms with Crippen LogP contribution in [0.2, 0.25) is 0 Å². The van der Waals surface area contributed by atoms with Crippen LogP contribution in [-0.4, -0.2) is 19.9 Å². The average Bonchev–Trinajstić information content (AvgIpc) is 2.87. The molecule has 1 atom stereocenters. The highest BCUT2D eigenvalue weighted by atomic mass is 32.2. The fourth-order valence-electron chi connectivity index (χ4n) is 2.13. The standard InChI is InChI=1S/C15H14FN3OS/c16-11-3-1-2-4-14(11)21(20)8-7-15-18-12-6-5-10(17)9-13(12)19-15/h1-6,9H,7-8,17H2,(H,18,19). The first-order valence-electron chi connectivity index (χ1n) is 6.50. The molecule has 108 valence electrons. The van der Waals surface area contributed by atoms with Crippen LogP contribution in [-0.2, 0) is 17.2 Å². The quantitative estimate of drug-likeness (QED) is 0.728. The lowest BCUT2D eigenvalue weighted by molar-refractivity contribution is 0.595. The SMILES string of the molecule is Nc1ccc2nc(CCS(=O)c3ccccc3F)[nH]c2c1. The minimum atomic E-state index is -1.38. The van der Waals surface area contributed by atoms with Crippen LogP contribution in [0.1, 0.15) is 5.82 Å². The summed E-state index contributed by atoms with van der Waals surface area (Å²) in [7, 11) is -1.38. The number of halogens is 1. The van der Waals surface area contributed by atoms with Gasteiger partial charge in [-0.3, -0.25) is 4.21 Å². The monoisotopic (exact) mass is 303 g/mol. The first kappa shape index (κ1) is 13.8. The molecular weight excluding hydrogens is 289 g/mol. The molecule has 0 fully saturated rings. The zero-order valence-corrected chi connectivity index (χ0v) is 12.0. The second kappa shape index (κ2) is 5.65. The Kier molecular flexibility index (Phi) is 3.70. The van der Waals surface area contributed by atoms with Gasteiger partial charge in [-0.25, -0.2) is 9.37 Å². The largest absolute Gasteiger partial charge is 0.399 e. The highest BCUT2D eigenvalue weighted by Gasteiger charge is 2.11. The summed E-state index contributed by atoms with van der Waals surface area (Å²) in [5.41, 5.74) is 8.03. The summed E-state index contributed by atoms with van der Waals surface area (Å²) in [5, 5.41) is 0. The van der Waals surface area contributed by atoms with Crippen LogP contribution in [0.3, 0.4) is 0 Å². The molecule has 4 nitrogen and oxygen atoms in total. The maximum Gasteiger partial charge on any atom is 0.139 e. The van der Waals surface area contributed by atoms with Gasteiger partial charge in [0.2, 0.25) is 0 Å². The smallest absolute Gasteiger partial charge is 0.139 e. The fourth-order valence-corrected chi connectivity index (χ4v) is 3.24. The van der Waals surface area contributed by atoms with Crippen molar-refractivity contribution in [1.82, 2.24) is 9.97 Å². The summed E-state index contributed by atoms with van der Waals surface area (Å²) in [5.74, 6) is 0.601. The molecule has 0 aliphatic heterocycles. The second-order valence-electron chi connectivity index (χ2n) is 4.69. The Bertz CT molecular complexity index is 816. The van der Waals surface area contributed by atoms with E-state index in [-0.39, 0.29) is 4.90 Å². The topological polar surface area (TPSA) is 71.8 Å². The highest BCUT2D eigenvalue weighted by molar-refractivity contribution is 7.85. The van der Waals surface area contributed by atoms with Gasteiger partial charge in [0.25, 0.3) is 0 Å². The first-order valence-corrected chi connectivity index (χ1v) is 7.82. The van der Waals surface area contributed by atoms with Crippen molar-refractivity contribution in [3.8, 4) is 0 Å². The van der Waals surface area contributed by atoms with Crippen molar-refractivity contribution in [2.24, 2.45) is 0 Å². The van der Waals surface area contributed by atoms with Crippen LogP contribution >= 0.6 is 0 Å². The van der Waals surface area contributed by atoms with E-state index < -0.39 is 16.6 Å². The molecule has 0 aliphatic carbocycles. The van der Waals surface area contributed by atoms with Crippen LogP contribution in [0.4, 0.5) is 10.1 Å². The van der Waals surface area contributed by atoms with Crippen LogP contribution in [0.15, 0.2) is 47.4 Å². The number of anilines is 1. The van der Waals surface area contributed by atoms with Crippen LogP contribution in [0, 0.1) is 5.82 Å². The van der Waals surface area contributed by atoms with Crippen molar-refractivity contribution in [2.45, 2.75) is 11.3 Å². The number of aryl methyl sites for hydroxylation is 1. The van der Waals surface area contributed by atoms with E-state index in [4.69, 9.17) is 5.73 Å². The third-order valence-electron chi connectivity index (χ3n) is 3.16. The van der Waals surface area contributed by atoms with Crippen LogP contribution in [0.5, 0.6) is 0 Å². The number of hydrogen-bond acceptors (Lipinski definition) is 3. The Morgan fingerprint density at radius 1 is 1.24 bits per heavy atom. The maximum atomic E-state index is 13.5. The maximum absolute atomic E-state index is 13.5. The number of aromatic nitrogens is 2. The number of nitrogens with one attached hydrogen (secondary N) is 1. The van der Waals surface area contributed by atoms with Gasteiger partial charge in [-0.1, -0.05) is 12.1 Å². The van der Waals surface area contributed by atoms with E-state index >= 15 is 0 Å². The summed E-state index contributed by atoms with van der Waals surface area (Å²) in [6, 6.07) is 11.5. The van der Waals surface area contributed by atoms with E-state index in [1.165, 1.54) is 6.07 Å². The predicted molar refractivity (Wildman–Crippen MR) is 81.9 cm³/mol. The number of nitrogens with two attached hydrogens (primary N) is 1. The Morgan fingerprint density at radius 2 is 2.05 bits per heavy atom. The summed E-state index contributed by atoms with van der Waals surface area (Å²) in [6.45, 7) is 0. The van der Waals surface area contributed by atoms with Gasteiger partial charge in [-0.2, -0.15) is 0 Å². The van der Waals surface area contributed by atoms with Crippen molar-refractivity contribution >= 4 is 27.5 Å². The lowest BCUT2D eigenvalue weighted by Crippen LogP contribution is -2.04. The van der Waals surface area contributed by atoms with E-state index in [0.717, 1.165) is 16.9 Å². The van der Waals surface area contributed by atoms with Crippen molar-refractivity contribution in [1.29, 1.82) is 0 Å². The summed E-state index contributed by atoms with van der Waals surface area (Å²) >= 11 is 0. The van der Waals surface area contributed by atoms with E-state index in [1.807, 2.05) is 6.07 Å². The third kappa shape index (κ3) is 2.95. The van der Waals surface area contributed by atoms with Gasteiger partial charge < -0.3 is 10.7 Å². The minimum absolute atomic E-state index is 0.234. The van der Waals surface area contributed by atoms with Gasteiger partial charge in [-0.15, -0.1) is 0 Å². The van der Waals surface area contributed by atoms with Gasteiger partial charge in [0, 0.05) is 17.9 Å². The van der Waals surface area contributed by atoms with E-state index in [9.17, 15) is 8.60 Å². The first-order chi connectivity index (χ1) is 10.1. The van der Waals surface area contributed by atoms with Gasteiger partial charge >= 0.3 is 0 Å². The molecule has 0 aliphatic rings. The number of hydrogen-bond donors (Lipinski definition) is 2. The number of nitrogens with zero attached hydrogens (tertiary/aromatic N) is 1. The van der Waals surface area contributed by atoms with E-state index in [0.29, 0.717) is 17.9 Å². The third-order valence-corrected chi connectivity index (χ3v) is 4.56. The van der Waals surface area contributed by atoms with Crippen molar-refractivity contribution in [3.05, 3.63) is 54.1 Å². The lowest BCUT2D eigenvalue weighted by Gasteiger charge is -2.02. The zero-order valence-electron chi connectivity index (χ0n) is 11.2. The van der Waals surface area contributed by atoms with Crippen molar-refractivity contribution in [3.63, 3.8) is 0 Å². The Morgan fingerprint density at radius 3 is 2.86 bits per heavy atom. The number of fused-ring (bicyclic) bond motifs is 1. The Labute approximate surface area is 123 Å². The molecule has 1 unspecified atom stereocenters. The number of rotatable bonds is 4. The molecule has 3 rings (SSSR count). The molecule has 1 heterocycles. The normalized spacial score (nSPS) is 12.6. The molecular formula is C15H14FN3OS. The molecule has 0 spiro atoms. The highest BCUT2D eigenvalue weighted by Crippen LogP contribution is 2.16. The Hall–Kier alpha value is -2.21. The van der Waals surface area contributed by atoms with Gasteiger partial charge in [0.1, 0.15) is 11.6 Å². The summed E-state index contributed by atoms with van der Waals surface area (Å²) in [4.78, 5) is 7.78. The van der Waals surface area contributed by atoms with E-state index in [1.54, 1.807) is 30.3 Å². The molecule has 6 heteroatoms. The Balaban J connectivity index is 1.74. The summed E-state index contributed by atoms with van der Waals surface area (Å²) < 4.78 is 25.7. The van der Waals surface area contributed by atoms with Crippen LogP contribution < -0.4 is 5.73 Å². The molecule has 0 saturated heterocycles. The number of aromatic amines is 1. The molecule has 2 aromatic carbocycles. The van der Waals surface area contributed by atoms with Gasteiger partial charge in [0.15, 0.2) is 0 Å².